The van der Waals surface area contributed by atoms with E-state index in [0.29, 0.717) is 13.0 Å². The van der Waals surface area contributed by atoms with Crippen molar-refractivity contribution in [3.8, 4) is 0 Å². The first-order valence-electron chi connectivity index (χ1n) is 8.95. The molecule has 1 saturated heterocycles. The summed E-state index contributed by atoms with van der Waals surface area (Å²) in [5.74, 6) is 1.44. The second-order valence-electron chi connectivity index (χ2n) is 6.83. The van der Waals surface area contributed by atoms with Crippen LogP contribution in [0.2, 0.25) is 0 Å². The Balaban J connectivity index is 1.51. The van der Waals surface area contributed by atoms with Crippen molar-refractivity contribution in [2.75, 3.05) is 18.8 Å². The number of carbonyl (C=O) groups excluding carboxylic acids is 1. The highest BCUT2D eigenvalue weighted by molar-refractivity contribution is 5.88. The molecule has 6 heteroatoms. The van der Waals surface area contributed by atoms with Gasteiger partial charge in [-0.25, -0.2) is 9.97 Å². The summed E-state index contributed by atoms with van der Waals surface area (Å²) in [6.45, 7) is 3.38. The van der Waals surface area contributed by atoms with Crippen LogP contribution in [0.4, 0.5) is 5.95 Å². The molecule has 0 bridgehead atoms. The molecule has 0 aliphatic carbocycles. The van der Waals surface area contributed by atoms with Crippen LogP contribution >= 0.6 is 0 Å². The maximum atomic E-state index is 12.9. The number of piperidine rings is 1. The zero-order chi connectivity index (χ0) is 18.1. The molecule has 2 N–H and O–H groups in total. The number of carbonyl (C=O) groups is 1. The molecular weight excluding hydrogens is 328 g/mol. The van der Waals surface area contributed by atoms with Gasteiger partial charge in [0, 0.05) is 36.2 Å². The molecule has 1 unspecified atom stereocenters. The first-order valence-corrected chi connectivity index (χ1v) is 8.95. The number of furan rings is 1. The number of hydrogen-bond donors (Lipinski definition) is 1. The fourth-order valence-corrected chi connectivity index (χ4v) is 3.76. The van der Waals surface area contributed by atoms with Gasteiger partial charge in [0.05, 0.1) is 12.1 Å². The van der Waals surface area contributed by atoms with Gasteiger partial charge in [-0.2, -0.15) is 0 Å². The lowest BCUT2D eigenvalue weighted by atomic mass is 9.94. The number of amides is 1. The van der Waals surface area contributed by atoms with Crippen LogP contribution in [-0.2, 0) is 11.2 Å². The SMILES string of the molecule is Cc1oc2ccccc2c1CC(=O)N1CCCC(c2ccnc(N)n2)C1. The summed E-state index contributed by atoms with van der Waals surface area (Å²) in [6.07, 6.45) is 4.01. The first-order chi connectivity index (χ1) is 12.6. The van der Waals surface area contributed by atoms with Crippen LogP contribution in [0, 0.1) is 6.92 Å². The highest BCUT2D eigenvalue weighted by Gasteiger charge is 2.27. The van der Waals surface area contributed by atoms with Crippen LogP contribution in [0.25, 0.3) is 11.0 Å². The van der Waals surface area contributed by atoms with E-state index in [0.717, 1.165) is 47.4 Å². The predicted octanol–water partition coefficient (Wildman–Crippen LogP) is 3.06. The van der Waals surface area contributed by atoms with Crippen molar-refractivity contribution >= 4 is 22.8 Å². The fourth-order valence-electron chi connectivity index (χ4n) is 3.76. The molecule has 1 fully saturated rings. The van der Waals surface area contributed by atoms with E-state index in [2.05, 4.69) is 9.97 Å². The summed E-state index contributed by atoms with van der Waals surface area (Å²) in [7, 11) is 0. The molecule has 3 aromatic rings. The Morgan fingerprint density at radius 2 is 2.19 bits per heavy atom. The summed E-state index contributed by atoms with van der Waals surface area (Å²) >= 11 is 0. The standard InChI is InChI=1S/C20H22N4O2/c1-13-16(15-6-2-3-7-18(15)26-13)11-19(25)24-10-4-5-14(12-24)17-8-9-22-20(21)23-17/h2-3,6-9,14H,4-5,10-12H2,1H3,(H2,21,22,23). The van der Waals surface area contributed by atoms with Gasteiger partial charge in [0.15, 0.2) is 0 Å². The van der Waals surface area contributed by atoms with Gasteiger partial charge in [-0.3, -0.25) is 4.79 Å². The molecule has 134 valence electrons. The summed E-state index contributed by atoms with van der Waals surface area (Å²) in [5, 5.41) is 1.02. The van der Waals surface area contributed by atoms with Gasteiger partial charge < -0.3 is 15.1 Å². The zero-order valence-corrected chi connectivity index (χ0v) is 14.8. The highest BCUT2D eigenvalue weighted by Crippen LogP contribution is 2.29. The van der Waals surface area contributed by atoms with Crippen LogP contribution in [0.1, 0.15) is 35.8 Å². The number of hydrogen-bond acceptors (Lipinski definition) is 5. The molecule has 1 atom stereocenters. The number of likely N-dealkylation sites (tertiary alicyclic amines) is 1. The molecule has 2 aromatic heterocycles. The lowest BCUT2D eigenvalue weighted by Gasteiger charge is -2.32. The van der Waals surface area contributed by atoms with E-state index in [1.807, 2.05) is 42.2 Å². The van der Waals surface area contributed by atoms with Crippen molar-refractivity contribution in [1.82, 2.24) is 14.9 Å². The van der Waals surface area contributed by atoms with Crippen LogP contribution in [-0.4, -0.2) is 33.9 Å². The van der Waals surface area contributed by atoms with Crippen LogP contribution < -0.4 is 5.73 Å². The monoisotopic (exact) mass is 350 g/mol. The highest BCUT2D eigenvalue weighted by atomic mass is 16.3. The number of anilines is 1. The molecule has 3 heterocycles. The normalized spacial score (nSPS) is 17.6. The third kappa shape index (κ3) is 3.14. The van der Waals surface area contributed by atoms with Crippen LogP contribution in [0.5, 0.6) is 0 Å². The zero-order valence-electron chi connectivity index (χ0n) is 14.8. The van der Waals surface area contributed by atoms with E-state index in [1.54, 1.807) is 6.20 Å². The molecule has 6 nitrogen and oxygen atoms in total. The Labute approximate surface area is 152 Å². The van der Waals surface area contributed by atoms with Crippen molar-refractivity contribution in [2.45, 2.75) is 32.1 Å². The Kier molecular flexibility index (Phi) is 4.32. The van der Waals surface area contributed by atoms with Crippen molar-refractivity contribution < 1.29 is 9.21 Å². The van der Waals surface area contributed by atoms with Gasteiger partial charge in [-0.05, 0) is 31.9 Å². The number of benzene rings is 1. The van der Waals surface area contributed by atoms with E-state index < -0.39 is 0 Å². The number of aryl methyl sites for hydroxylation is 1. The topological polar surface area (TPSA) is 85.2 Å². The number of nitrogen functional groups attached to an aromatic ring is 1. The molecule has 0 saturated carbocycles. The van der Waals surface area contributed by atoms with Gasteiger partial charge in [-0.1, -0.05) is 18.2 Å². The third-order valence-electron chi connectivity index (χ3n) is 5.12. The van der Waals surface area contributed by atoms with Crippen LogP contribution in [0.3, 0.4) is 0 Å². The Hall–Kier alpha value is -2.89. The molecule has 1 amide bonds. The van der Waals surface area contributed by atoms with Gasteiger partial charge >= 0.3 is 0 Å². The number of fused-ring (bicyclic) bond motifs is 1. The second-order valence-corrected chi connectivity index (χ2v) is 6.83. The minimum absolute atomic E-state index is 0.131. The summed E-state index contributed by atoms with van der Waals surface area (Å²) in [4.78, 5) is 23.2. The molecule has 26 heavy (non-hydrogen) atoms. The number of nitrogens with zero attached hydrogens (tertiary/aromatic N) is 3. The Morgan fingerprint density at radius 1 is 1.35 bits per heavy atom. The molecule has 1 aromatic carbocycles. The Bertz CT molecular complexity index is 950. The average Bonchev–Trinajstić information content (AvgIpc) is 2.97. The maximum Gasteiger partial charge on any atom is 0.227 e. The fraction of sp³-hybridized carbons (Fsp3) is 0.350. The van der Waals surface area contributed by atoms with Crippen molar-refractivity contribution in [2.24, 2.45) is 0 Å². The molecule has 4 rings (SSSR count). The van der Waals surface area contributed by atoms with E-state index in [1.165, 1.54) is 0 Å². The number of rotatable bonds is 3. The predicted molar refractivity (Wildman–Crippen MR) is 99.7 cm³/mol. The van der Waals surface area contributed by atoms with E-state index >= 15 is 0 Å². The third-order valence-corrected chi connectivity index (χ3v) is 5.12. The number of aromatic nitrogens is 2. The van der Waals surface area contributed by atoms with Gasteiger partial charge in [0.2, 0.25) is 11.9 Å². The maximum absolute atomic E-state index is 12.9. The molecule has 1 aliphatic heterocycles. The molecular formula is C20H22N4O2. The van der Waals surface area contributed by atoms with Crippen LogP contribution in [0.15, 0.2) is 40.9 Å². The van der Waals surface area contributed by atoms with Gasteiger partial charge in [0.1, 0.15) is 11.3 Å². The first kappa shape index (κ1) is 16.6. The Morgan fingerprint density at radius 3 is 3.04 bits per heavy atom. The van der Waals surface area contributed by atoms with E-state index in [-0.39, 0.29) is 17.8 Å². The summed E-state index contributed by atoms with van der Waals surface area (Å²) < 4.78 is 5.79. The van der Waals surface area contributed by atoms with E-state index in [9.17, 15) is 4.79 Å². The average molecular weight is 350 g/mol. The quantitative estimate of drug-likeness (QED) is 0.785. The minimum Gasteiger partial charge on any atom is -0.461 e. The lowest BCUT2D eigenvalue weighted by Crippen LogP contribution is -2.40. The summed E-state index contributed by atoms with van der Waals surface area (Å²) in [5.41, 5.74) is 8.44. The smallest absolute Gasteiger partial charge is 0.227 e. The second kappa shape index (κ2) is 6.78. The van der Waals surface area contributed by atoms with Crippen molar-refractivity contribution in [3.63, 3.8) is 0 Å². The number of para-hydroxylation sites is 1. The summed E-state index contributed by atoms with van der Waals surface area (Å²) in [6, 6.07) is 9.76. The van der Waals surface area contributed by atoms with Crippen molar-refractivity contribution in [3.05, 3.63) is 53.5 Å². The van der Waals surface area contributed by atoms with Crippen molar-refractivity contribution in [1.29, 1.82) is 0 Å². The largest absolute Gasteiger partial charge is 0.461 e. The molecule has 0 spiro atoms. The lowest BCUT2D eigenvalue weighted by molar-refractivity contribution is -0.131. The molecule has 0 radical (unpaired) electrons. The van der Waals surface area contributed by atoms with Gasteiger partial charge in [0.25, 0.3) is 0 Å². The number of nitrogens with two attached hydrogens (primary N) is 1. The molecule has 1 aliphatic rings. The minimum atomic E-state index is 0.131. The van der Waals surface area contributed by atoms with Gasteiger partial charge in [-0.15, -0.1) is 0 Å². The van der Waals surface area contributed by atoms with E-state index in [4.69, 9.17) is 10.2 Å².